The van der Waals surface area contributed by atoms with Gasteiger partial charge in [0.15, 0.2) is 0 Å². The van der Waals surface area contributed by atoms with Crippen LogP contribution in [0.25, 0.3) is 0 Å². The van der Waals surface area contributed by atoms with E-state index in [0.717, 1.165) is 41.9 Å². The minimum atomic E-state index is -0.0140. The molecule has 32 heavy (non-hydrogen) atoms. The molecule has 0 atom stereocenters. The maximum atomic E-state index is 12.4. The lowest BCUT2D eigenvalue weighted by Gasteiger charge is -2.32. The Kier molecular flexibility index (Phi) is 8.35. The highest BCUT2D eigenvalue weighted by molar-refractivity contribution is 7.99. The van der Waals surface area contributed by atoms with E-state index in [1.54, 1.807) is 18.0 Å². The van der Waals surface area contributed by atoms with Crippen LogP contribution in [0.3, 0.4) is 0 Å². The average Bonchev–Trinajstić information content (AvgIpc) is 2.85. The van der Waals surface area contributed by atoms with Crippen LogP contribution >= 0.6 is 11.8 Å². The molecule has 0 bridgehead atoms. The van der Waals surface area contributed by atoms with Gasteiger partial charge in [0.25, 0.3) is 5.91 Å². The largest absolute Gasteiger partial charge is 0.351 e. The maximum Gasteiger partial charge on any atom is 0.251 e. The summed E-state index contributed by atoms with van der Waals surface area (Å²) >= 11 is 1.65. The van der Waals surface area contributed by atoms with Crippen molar-refractivity contribution < 1.29 is 4.79 Å². The zero-order valence-electron chi connectivity index (χ0n) is 18.5. The summed E-state index contributed by atoms with van der Waals surface area (Å²) in [6.45, 7) is 3.88. The molecule has 166 valence electrons. The standard InChI is InChI=1S/C27H31N3OS/c31-27(29-16-19-32-26-8-4-5-15-28-26)25-11-9-24(10-12-25)21-30-17-13-23(14-18-30)20-22-6-2-1-3-7-22/h1-12,15,23H,13-14,16-21H2,(H,29,31). The summed E-state index contributed by atoms with van der Waals surface area (Å²) in [6, 6.07) is 24.8. The van der Waals surface area contributed by atoms with Gasteiger partial charge in [-0.3, -0.25) is 9.69 Å². The fourth-order valence-electron chi connectivity index (χ4n) is 4.17. The summed E-state index contributed by atoms with van der Waals surface area (Å²) in [6.07, 6.45) is 5.49. The summed E-state index contributed by atoms with van der Waals surface area (Å²) in [7, 11) is 0. The molecule has 1 saturated heterocycles. The van der Waals surface area contributed by atoms with Crippen LogP contribution in [0.15, 0.2) is 84.0 Å². The molecular formula is C27H31N3OS. The Bertz CT molecular complexity index is 955. The number of likely N-dealkylation sites (tertiary alicyclic amines) is 1. The third kappa shape index (κ3) is 6.94. The van der Waals surface area contributed by atoms with Gasteiger partial charge < -0.3 is 5.32 Å². The first kappa shape index (κ1) is 22.6. The highest BCUT2D eigenvalue weighted by atomic mass is 32.2. The summed E-state index contributed by atoms with van der Waals surface area (Å²) < 4.78 is 0. The molecule has 0 spiro atoms. The maximum absolute atomic E-state index is 12.4. The molecule has 1 N–H and O–H groups in total. The van der Waals surface area contributed by atoms with Gasteiger partial charge in [0.2, 0.25) is 0 Å². The van der Waals surface area contributed by atoms with Crippen molar-refractivity contribution in [2.24, 2.45) is 5.92 Å². The topological polar surface area (TPSA) is 45.2 Å². The number of nitrogens with one attached hydrogen (secondary N) is 1. The highest BCUT2D eigenvalue weighted by Gasteiger charge is 2.19. The molecule has 5 heteroatoms. The van der Waals surface area contributed by atoms with E-state index < -0.39 is 0 Å². The zero-order chi connectivity index (χ0) is 22.0. The number of rotatable bonds is 9. The number of carbonyl (C=O) groups is 1. The summed E-state index contributed by atoms with van der Waals surface area (Å²) in [5.41, 5.74) is 3.45. The molecule has 0 unspecified atom stereocenters. The van der Waals surface area contributed by atoms with Crippen molar-refractivity contribution >= 4 is 17.7 Å². The van der Waals surface area contributed by atoms with E-state index in [0.29, 0.717) is 6.54 Å². The van der Waals surface area contributed by atoms with Crippen LogP contribution in [0.5, 0.6) is 0 Å². The van der Waals surface area contributed by atoms with Crippen LogP contribution in [0, 0.1) is 5.92 Å². The first-order valence-corrected chi connectivity index (χ1v) is 12.4. The third-order valence-corrected chi connectivity index (χ3v) is 6.92. The molecule has 4 nitrogen and oxygen atoms in total. The Morgan fingerprint density at radius 2 is 1.69 bits per heavy atom. The smallest absolute Gasteiger partial charge is 0.251 e. The van der Waals surface area contributed by atoms with Gasteiger partial charge >= 0.3 is 0 Å². The van der Waals surface area contributed by atoms with E-state index in [9.17, 15) is 4.79 Å². The van der Waals surface area contributed by atoms with Gasteiger partial charge in [-0.1, -0.05) is 48.5 Å². The van der Waals surface area contributed by atoms with Crippen molar-refractivity contribution in [1.82, 2.24) is 15.2 Å². The third-order valence-electron chi connectivity index (χ3n) is 5.97. The first-order chi connectivity index (χ1) is 15.8. The van der Waals surface area contributed by atoms with Crippen molar-refractivity contribution in [2.45, 2.75) is 30.8 Å². The molecule has 0 aliphatic carbocycles. The van der Waals surface area contributed by atoms with Gasteiger partial charge in [-0.15, -0.1) is 11.8 Å². The normalized spacial score (nSPS) is 14.9. The second kappa shape index (κ2) is 11.8. The van der Waals surface area contributed by atoms with Crippen molar-refractivity contribution in [1.29, 1.82) is 0 Å². The average molecular weight is 446 g/mol. The SMILES string of the molecule is O=C(NCCSc1ccccn1)c1ccc(CN2CCC(Cc3ccccc3)CC2)cc1. The molecular weight excluding hydrogens is 414 g/mol. The van der Waals surface area contributed by atoms with Crippen LogP contribution in [-0.4, -0.2) is 41.2 Å². The van der Waals surface area contributed by atoms with Gasteiger partial charge in [-0.2, -0.15) is 0 Å². The molecule has 1 amide bonds. The second-order valence-corrected chi connectivity index (χ2v) is 9.49. The molecule has 1 aliphatic heterocycles. The molecule has 4 rings (SSSR count). The monoisotopic (exact) mass is 445 g/mol. The minimum absolute atomic E-state index is 0.0140. The summed E-state index contributed by atoms with van der Waals surface area (Å²) in [4.78, 5) is 19.2. The predicted octanol–water partition coefficient (Wildman–Crippen LogP) is 5.06. The van der Waals surface area contributed by atoms with Gasteiger partial charge in [-0.25, -0.2) is 4.98 Å². The lowest BCUT2D eigenvalue weighted by molar-refractivity contribution is 0.0956. The van der Waals surface area contributed by atoms with Crippen LogP contribution in [0.2, 0.25) is 0 Å². The number of nitrogens with zero attached hydrogens (tertiary/aromatic N) is 2. The second-order valence-electron chi connectivity index (χ2n) is 8.38. The van der Waals surface area contributed by atoms with E-state index >= 15 is 0 Å². The minimum Gasteiger partial charge on any atom is -0.351 e. The molecule has 0 radical (unpaired) electrons. The fraction of sp³-hybridized carbons (Fsp3) is 0.333. The van der Waals surface area contributed by atoms with Crippen LogP contribution in [0.4, 0.5) is 0 Å². The van der Waals surface area contributed by atoms with Crippen molar-refractivity contribution in [3.63, 3.8) is 0 Å². The van der Waals surface area contributed by atoms with Crippen molar-refractivity contribution in [3.05, 3.63) is 95.7 Å². The molecule has 1 fully saturated rings. The molecule has 1 aliphatic rings. The Labute approximate surface area is 195 Å². The quantitative estimate of drug-likeness (QED) is 0.369. The number of piperidine rings is 1. The Morgan fingerprint density at radius 1 is 0.938 bits per heavy atom. The fourth-order valence-corrected chi connectivity index (χ4v) is 4.89. The predicted molar refractivity (Wildman–Crippen MR) is 132 cm³/mol. The lowest BCUT2D eigenvalue weighted by Crippen LogP contribution is -2.33. The van der Waals surface area contributed by atoms with Gasteiger partial charge in [-0.05, 0) is 73.7 Å². The molecule has 3 aromatic rings. The number of benzene rings is 2. The Morgan fingerprint density at radius 3 is 2.41 bits per heavy atom. The highest BCUT2D eigenvalue weighted by Crippen LogP contribution is 2.23. The van der Waals surface area contributed by atoms with Crippen LogP contribution in [-0.2, 0) is 13.0 Å². The molecule has 2 heterocycles. The van der Waals surface area contributed by atoms with Gasteiger partial charge in [0, 0.05) is 30.6 Å². The Balaban J connectivity index is 1.16. The van der Waals surface area contributed by atoms with Crippen LogP contribution < -0.4 is 5.32 Å². The number of aromatic nitrogens is 1. The van der Waals surface area contributed by atoms with E-state index in [1.807, 2.05) is 30.3 Å². The Hall–Kier alpha value is -2.63. The zero-order valence-corrected chi connectivity index (χ0v) is 19.3. The van der Waals surface area contributed by atoms with Crippen LogP contribution in [0.1, 0.15) is 34.3 Å². The van der Waals surface area contributed by atoms with Gasteiger partial charge in [0.1, 0.15) is 0 Å². The molecule has 1 aromatic heterocycles. The van der Waals surface area contributed by atoms with E-state index in [2.05, 4.69) is 57.7 Å². The number of hydrogen-bond acceptors (Lipinski definition) is 4. The first-order valence-electron chi connectivity index (χ1n) is 11.4. The van der Waals surface area contributed by atoms with E-state index in [-0.39, 0.29) is 5.91 Å². The number of carbonyl (C=O) groups excluding carboxylic acids is 1. The van der Waals surface area contributed by atoms with Crippen molar-refractivity contribution in [2.75, 3.05) is 25.4 Å². The number of thioether (sulfide) groups is 1. The number of pyridine rings is 1. The van der Waals surface area contributed by atoms with Crippen molar-refractivity contribution in [3.8, 4) is 0 Å². The number of hydrogen-bond donors (Lipinski definition) is 1. The lowest BCUT2D eigenvalue weighted by atomic mass is 9.90. The van der Waals surface area contributed by atoms with E-state index in [1.165, 1.54) is 30.4 Å². The van der Waals surface area contributed by atoms with E-state index in [4.69, 9.17) is 0 Å². The summed E-state index contributed by atoms with van der Waals surface area (Å²) in [5.74, 6) is 1.58. The summed E-state index contributed by atoms with van der Waals surface area (Å²) in [5, 5.41) is 3.98. The molecule has 2 aromatic carbocycles. The van der Waals surface area contributed by atoms with Gasteiger partial charge in [0.05, 0.1) is 5.03 Å². The number of amides is 1. The molecule has 0 saturated carbocycles.